The quantitative estimate of drug-likeness (QED) is 0.840. The lowest BCUT2D eigenvalue weighted by Crippen LogP contribution is -2.33. The molecule has 5 heteroatoms. The van der Waals surface area contributed by atoms with Crippen molar-refractivity contribution in [1.82, 2.24) is 4.90 Å². The van der Waals surface area contributed by atoms with Crippen molar-refractivity contribution < 1.29 is 18.6 Å². The van der Waals surface area contributed by atoms with Crippen LogP contribution < -0.4 is 0 Å². The SMILES string of the molecule is CCN(CCC(O)c1cccc(F)c1F)CC1CCCO1. The molecule has 2 atom stereocenters. The zero-order chi connectivity index (χ0) is 15.2. The van der Waals surface area contributed by atoms with Crippen LogP contribution in [-0.2, 0) is 4.74 Å². The van der Waals surface area contributed by atoms with Gasteiger partial charge in [-0.15, -0.1) is 0 Å². The highest BCUT2D eigenvalue weighted by Crippen LogP contribution is 2.22. The first-order valence-corrected chi connectivity index (χ1v) is 7.57. The minimum absolute atomic E-state index is 0.0307. The molecule has 2 unspecified atom stereocenters. The Morgan fingerprint density at radius 2 is 2.24 bits per heavy atom. The molecule has 21 heavy (non-hydrogen) atoms. The van der Waals surface area contributed by atoms with E-state index in [1.165, 1.54) is 12.1 Å². The smallest absolute Gasteiger partial charge is 0.164 e. The minimum atomic E-state index is -0.987. The third kappa shape index (κ3) is 4.46. The van der Waals surface area contributed by atoms with E-state index in [-0.39, 0.29) is 11.7 Å². The van der Waals surface area contributed by atoms with Gasteiger partial charge in [0.05, 0.1) is 12.2 Å². The van der Waals surface area contributed by atoms with Crippen LogP contribution in [0.3, 0.4) is 0 Å². The lowest BCUT2D eigenvalue weighted by molar-refractivity contribution is 0.0665. The molecule has 0 aliphatic carbocycles. The molecule has 1 aliphatic rings. The van der Waals surface area contributed by atoms with Crippen molar-refractivity contribution in [3.63, 3.8) is 0 Å². The molecule has 1 aromatic rings. The Balaban J connectivity index is 1.86. The second-order valence-corrected chi connectivity index (χ2v) is 5.48. The molecule has 1 saturated heterocycles. The van der Waals surface area contributed by atoms with Crippen LogP contribution >= 0.6 is 0 Å². The zero-order valence-corrected chi connectivity index (χ0v) is 12.4. The van der Waals surface area contributed by atoms with E-state index in [0.717, 1.165) is 38.6 Å². The van der Waals surface area contributed by atoms with Gasteiger partial charge < -0.3 is 14.7 Å². The molecule has 0 spiro atoms. The molecule has 0 aromatic heterocycles. The van der Waals surface area contributed by atoms with Gasteiger partial charge >= 0.3 is 0 Å². The summed E-state index contributed by atoms with van der Waals surface area (Å²) in [6.07, 6.45) is 1.81. The predicted octanol–water partition coefficient (Wildman–Crippen LogP) is 2.89. The number of aliphatic hydroxyl groups is 1. The van der Waals surface area contributed by atoms with E-state index in [2.05, 4.69) is 4.90 Å². The first-order valence-electron chi connectivity index (χ1n) is 7.57. The first kappa shape index (κ1) is 16.3. The number of benzene rings is 1. The van der Waals surface area contributed by atoms with E-state index in [1.807, 2.05) is 6.92 Å². The average Bonchev–Trinajstić information content (AvgIpc) is 2.99. The summed E-state index contributed by atoms with van der Waals surface area (Å²) in [5.74, 6) is -1.87. The summed E-state index contributed by atoms with van der Waals surface area (Å²) in [5.41, 5.74) is 0.0307. The van der Waals surface area contributed by atoms with Crippen LogP contribution in [0.2, 0.25) is 0 Å². The van der Waals surface area contributed by atoms with Gasteiger partial charge in [-0.3, -0.25) is 0 Å². The maximum atomic E-state index is 13.6. The average molecular weight is 299 g/mol. The Hall–Kier alpha value is -1.04. The molecule has 1 aliphatic heterocycles. The maximum Gasteiger partial charge on any atom is 0.164 e. The molecule has 0 amide bonds. The monoisotopic (exact) mass is 299 g/mol. The van der Waals surface area contributed by atoms with Crippen molar-refractivity contribution in [3.05, 3.63) is 35.4 Å². The van der Waals surface area contributed by atoms with Crippen LogP contribution in [0.4, 0.5) is 8.78 Å². The first-order chi connectivity index (χ1) is 10.1. The number of ether oxygens (including phenoxy) is 1. The summed E-state index contributed by atoms with van der Waals surface area (Å²) in [4.78, 5) is 2.18. The largest absolute Gasteiger partial charge is 0.388 e. The van der Waals surface area contributed by atoms with Crippen LogP contribution in [0, 0.1) is 11.6 Å². The van der Waals surface area contributed by atoms with E-state index in [1.54, 1.807) is 0 Å². The molecule has 0 radical (unpaired) electrons. The van der Waals surface area contributed by atoms with E-state index >= 15 is 0 Å². The molecule has 0 bridgehead atoms. The number of likely N-dealkylation sites (N-methyl/N-ethyl adjacent to an activating group) is 1. The van der Waals surface area contributed by atoms with Crippen molar-refractivity contribution >= 4 is 0 Å². The Labute approximate surface area is 124 Å². The molecule has 0 saturated carbocycles. The van der Waals surface area contributed by atoms with Crippen molar-refractivity contribution in [3.8, 4) is 0 Å². The van der Waals surface area contributed by atoms with Gasteiger partial charge in [-0.05, 0) is 31.9 Å². The number of aliphatic hydroxyl groups excluding tert-OH is 1. The van der Waals surface area contributed by atoms with Crippen molar-refractivity contribution in [1.29, 1.82) is 0 Å². The molecule has 1 N–H and O–H groups in total. The number of halogens is 2. The molecular formula is C16H23F2NO2. The summed E-state index contributed by atoms with van der Waals surface area (Å²) in [5, 5.41) is 10.1. The Morgan fingerprint density at radius 3 is 2.90 bits per heavy atom. The summed E-state index contributed by atoms with van der Waals surface area (Å²) in [6, 6.07) is 3.90. The van der Waals surface area contributed by atoms with Crippen LogP contribution in [0.1, 0.15) is 37.9 Å². The van der Waals surface area contributed by atoms with Crippen LogP contribution in [0.15, 0.2) is 18.2 Å². The topological polar surface area (TPSA) is 32.7 Å². The van der Waals surface area contributed by atoms with Gasteiger partial charge in [0.2, 0.25) is 0 Å². The fourth-order valence-electron chi connectivity index (χ4n) is 2.69. The second kappa shape index (κ2) is 7.82. The van der Waals surface area contributed by atoms with Crippen molar-refractivity contribution in [2.45, 2.75) is 38.4 Å². The summed E-state index contributed by atoms with van der Waals surface area (Å²) in [7, 11) is 0. The molecule has 2 rings (SSSR count). The number of rotatable bonds is 7. The summed E-state index contributed by atoms with van der Waals surface area (Å²) < 4.78 is 32.4. The van der Waals surface area contributed by atoms with Gasteiger partial charge in [0, 0.05) is 25.3 Å². The maximum absolute atomic E-state index is 13.6. The fourth-order valence-corrected chi connectivity index (χ4v) is 2.69. The fraction of sp³-hybridized carbons (Fsp3) is 0.625. The molecule has 118 valence electrons. The van der Waals surface area contributed by atoms with Gasteiger partial charge in [0.15, 0.2) is 11.6 Å². The van der Waals surface area contributed by atoms with Gasteiger partial charge in [0.1, 0.15) is 0 Å². The van der Waals surface area contributed by atoms with Gasteiger partial charge in [-0.1, -0.05) is 19.1 Å². The Morgan fingerprint density at radius 1 is 1.43 bits per heavy atom. The Kier molecular flexibility index (Phi) is 6.08. The molecular weight excluding hydrogens is 276 g/mol. The van der Waals surface area contributed by atoms with Crippen LogP contribution in [-0.4, -0.2) is 42.4 Å². The van der Waals surface area contributed by atoms with E-state index in [0.29, 0.717) is 13.0 Å². The van der Waals surface area contributed by atoms with E-state index < -0.39 is 17.7 Å². The molecule has 1 fully saturated rings. The third-order valence-corrected chi connectivity index (χ3v) is 3.99. The molecule has 3 nitrogen and oxygen atoms in total. The number of hydrogen-bond acceptors (Lipinski definition) is 3. The third-order valence-electron chi connectivity index (χ3n) is 3.99. The predicted molar refractivity (Wildman–Crippen MR) is 77.0 cm³/mol. The number of nitrogens with zero attached hydrogens (tertiary/aromatic N) is 1. The van der Waals surface area contributed by atoms with Crippen LogP contribution in [0.25, 0.3) is 0 Å². The highest BCUT2D eigenvalue weighted by Gasteiger charge is 2.20. The van der Waals surface area contributed by atoms with Gasteiger partial charge in [-0.2, -0.15) is 0 Å². The molecule has 1 aromatic carbocycles. The standard InChI is InChI=1S/C16H23F2NO2/c1-2-19(11-12-5-4-10-21-12)9-8-15(20)13-6-3-7-14(17)16(13)18/h3,6-7,12,15,20H,2,4-5,8-11H2,1H3. The number of hydrogen-bond donors (Lipinski definition) is 1. The minimum Gasteiger partial charge on any atom is -0.388 e. The van der Waals surface area contributed by atoms with E-state index in [9.17, 15) is 13.9 Å². The van der Waals surface area contributed by atoms with Crippen LogP contribution in [0.5, 0.6) is 0 Å². The normalized spacial score (nSPS) is 20.1. The summed E-state index contributed by atoms with van der Waals surface area (Å²) >= 11 is 0. The van der Waals surface area contributed by atoms with Crippen molar-refractivity contribution in [2.75, 3.05) is 26.2 Å². The van der Waals surface area contributed by atoms with Crippen molar-refractivity contribution in [2.24, 2.45) is 0 Å². The highest BCUT2D eigenvalue weighted by atomic mass is 19.2. The summed E-state index contributed by atoms with van der Waals surface area (Å²) in [6.45, 7) is 5.17. The lowest BCUT2D eigenvalue weighted by Gasteiger charge is -2.25. The highest BCUT2D eigenvalue weighted by molar-refractivity contribution is 5.21. The molecule has 1 heterocycles. The lowest BCUT2D eigenvalue weighted by atomic mass is 10.1. The van der Waals surface area contributed by atoms with E-state index in [4.69, 9.17) is 4.74 Å². The zero-order valence-electron chi connectivity index (χ0n) is 12.4. The second-order valence-electron chi connectivity index (χ2n) is 5.48. The van der Waals surface area contributed by atoms with Gasteiger partial charge in [0.25, 0.3) is 0 Å². The Bertz CT molecular complexity index is 450. The van der Waals surface area contributed by atoms with Gasteiger partial charge in [-0.25, -0.2) is 8.78 Å².